The molecule has 0 spiro atoms. The summed E-state index contributed by atoms with van der Waals surface area (Å²) in [6, 6.07) is 3.18. The van der Waals surface area contributed by atoms with E-state index in [0.717, 1.165) is 17.4 Å². The van der Waals surface area contributed by atoms with Crippen molar-refractivity contribution in [3.8, 4) is 5.75 Å². The van der Waals surface area contributed by atoms with Gasteiger partial charge in [0.1, 0.15) is 17.2 Å². The molecule has 0 saturated carbocycles. The molecule has 1 aromatic rings. The minimum absolute atomic E-state index is 0.0104. The van der Waals surface area contributed by atoms with Gasteiger partial charge in [-0.25, -0.2) is 4.39 Å². The van der Waals surface area contributed by atoms with E-state index in [4.69, 9.17) is 4.74 Å². The van der Waals surface area contributed by atoms with Crippen molar-refractivity contribution in [1.29, 1.82) is 0 Å². The van der Waals surface area contributed by atoms with Gasteiger partial charge < -0.3 is 10.1 Å². The summed E-state index contributed by atoms with van der Waals surface area (Å²) in [5, 5.41) is 3.32. The molecular formula is C13H17BrFNO. The van der Waals surface area contributed by atoms with Crippen LogP contribution in [-0.4, -0.2) is 12.1 Å². The molecule has 1 atom stereocenters. The fourth-order valence-electron chi connectivity index (χ4n) is 2.31. The first-order valence-electron chi connectivity index (χ1n) is 5.85. The summed E-state index contributed by atoms with van der Waals surface area (Å²) in [5.74, 6) is 0.428. The number of benzene rings is 1. The predicted molar refractivity (Wildman–Crippen MR) is 69.8 cm³/mol. The smallest absolute Gasteiger partial charge is 0.142 e. The average molecular weight is 302 g/mol. The fourth-order valence-corrected chi connectivity index (χ4v) is 2.74. The van der Waals surface area contributed by atoms with E-state index in [1.807, 2.05) is 20.8 Å². The summed E-state index contributed by atoms with van der Waals surface area (Å²) in [7, 11) is 0. The van der Waals surface area contributed by atoms with Crippen LogP contribution in [0.15, 0.2) is 16.6 Å². The first-order valence-corrected chi connectivity index (χ1v) is 6.64. The van der Waals surface area contributed by atoms with Crippen LogP contribution in [0.1, 0.15) is 38.8 Å². The van der Waals surface area contributed by atoms with Crippen LogP contribution in [0.5, 0.6) is 5.75 Å². The van der Waals surface area contributed by atoms with Crippen LogP contribution >= 0.6 is 15.9 Å². The molecule has 1 N–H and O–H groups in total. The van der Waals surface area contributed by atoms with Crippen LogP contribution in [0.3, 0.4) is 0 Å². The molecule has 0 amide bonds. The molecule has 0 bridgehead atoms. The van der Waals surface area contributed by atoms with E-state index in [1.165, 1.54) is 6.07 Å². The van der Waals surface area contributed by atoms with Gasteiger partial charge in [-0.05, 0) is 48.5 Å². The van der Waals surface area contributed by atoms with Gasteiger partial charge in [0.05, 0.1) is 4.47 Å². The molecule has 1 heterocycles. The van der Waals surface area contributed by atoms with Crippen molar-refractivity contribution in [3.05, 3.63) is 28.0 Å². The second kappa shape index (κ2) is 4.58. The van der Waals surface area contributed by atoms with Crippen LogP contribution in [0.4, 0.5) is 4.39 Å². The van der Waals surface area contributed by atoms with Gasteiger partial charge in [-0.2, -0.15) is 0 Å². The Balaban J connectivity index is 2.52. The molecule has 0 fully saturated rings. The Hall–Kier alpha value is -0.610. The van der Waals surface area contributed by atoms with Crippen molar-refractivity contribution < 1.29 is 9.13 Å². The molecule has 1 aliphatic heterocycles. The van der Waals surface area contributed by atoms with Gasteiger partial charge >= 0.3 is 0 Å². The highest BCUT2D eigenvalue weighted by molar-refractivity contribution is 9.10. The molecule has 1 unspecified atom stereocenters. The van der Waals surface area contributed by atoms with Gasteiger partial charge in [0, 0.05) is 18.0 Å². The van der Waals surface area contributed by atoms with E-state index < -0.39 is 0 Å². The third kappa shape index (κ3) is 2.47. The van der Waals surface area contributed by atoms with Crippen molar-refractivity contribution in [2.45, 2.75) is 38.8 Å². The zero-order valence-electron chi connectivity index (χ0n) is 10.3. The second-order valence-electron chi connectivity index (χ2n) is 4.95. The third-order valence-electron chi connectivity index (χ3n) is 2.97. The standard InChI is InChI=1S/C13H17BrFNO/c1-4-16-10-7-13(2,3)17-12-8(14)5-6-9(15)11(10)12/h5-6,10,16H,4,7H2,1-3H3. The number of rotatable bonds is 2. The molecule has 1 aliphatic rings. The third-order valence-corrected chi connectivity index (χ3v) is 3.59. The molecule has 0 saturated heterocycles. The van der Waals surface area contributed by atoms with E-state index in [0.29, 0.717) is 11.3 Å². The zero-order chi connectivity index (χ0) is 12.6. The maximum atomic E-state index is 13.9. The molecule has 2 rings (SSSR count). The van der Waals surface area contributed by atoms with Gasteiger partial charge in [0.15, 0.2) is 0 Å². The molecule has 17 heavy (non-hydrogen) atoms. The lowest BCUT2D eigenvalue weighted by atomic mass is 9.89. The number of hydrogen-bond donors (Lipinski definition) is 1. The highest BCUT2D eigenvalue weighted by atomic mass is 79.9. The Morgan fingerprint density at radius 3 is 2.88 bits per heavy atom. The van der Waals surface area contributed by atoms with Crippen LogP contribution in [0.2, 0.25) is 0 Å². The van der Waals surface area contributed by atoms with E-state index in [2.05, 4.69) is 21.2 Å². The topological polar surface area (TPSA) is 21.3 Å². The summed E-state index contributed by atoms with van der Waals surface area (Å²) < 4.78 is 20.6. The molecule has 0 aromatic heterocycles. The number of ether oxygens (including phenoxy) is 1. The van der Waals surface area contributed by atoms with Crippen molar-refractivity contribution in [1.82, 2.24) is 5.32 Å². The molecule has 4 heteroatoms. The van der Waals surface area contributed by atoms with Crippen LogP contribution in [-0.2, 0) is 0 Å². The summed E-state index contributed by atoms with van der Waals surface area (Å²) in [6.45, 7) is 6.89. The first-order chi connectivity index (χ1) is 7.94. The molecule has 0 radical (unpaired) electrons. The first kappa shape index (κ1) is 12.8. The highest BCUT2D eigenvalue weighted by Gasteiger charge is 2.36. The van der Waals surface area contributed by atoms with Crippen molar-refractivity contribution >= 4 is 15.9 Å². The Labute approximate surface area is 110 Å². The Morgan fingerprint density at radius 2 is 2.24 bits per heavy atom. The lowest BCUT2D eigenvalue weighted by molar-refractivity contribution is 0.0636. The predicted octanol–water partition coefficient (Wildman–Crippen LogP) is 3.80. The second-order valence-corrected chi connectivity index (χ2v) is 5.80. The van der Waals surface area contributed by atoms with Crippen molar-refractivity contribution in [3.63, 3.8) is 0 Å². The lowest BCUT2D eigenvalue weighted by Gasteiger charge is -2.38. The van der Waals surface area contributed by atoms with E-state index in [-0.39, 0.29) is 17.5 Å². The molecule has 94 valence electrons. The zero-order valence-corrected chi connectivity index (χ0v) is 11.9. The van der Waals surface area contributed by atoms with Gasteiger partial charge in [-0.15, -0.1) is 0 Å². The average Bonchev–Trinajstić information content (AvgIpc) is 2.22. The summed E-state index contributed by atoms with van der Waals surface area (Å²) in [5.41, 5.74) is 0.358. The SMILES string of the molecule is CCNC1CC(C)(C)Oc2c(Br)ccc(F)c21. The molecule has 2 nitrogen and oxygen atoms in total. The number of fused-ring (bicyclic) bond motifs is 1. The summed E-state index contributed by atoms with van der Waals surface area (Å²) >= 11 is 3.43. The number of hydrogen-bond acceptors (Lipinski definition) is 2. The quantitative estimate of drug-likeness (QED) is 0.897. The van der Waals surface area contributed by atoms with E-state index in [9.17, 15) is 4.39 Å². The number of nitrogens with one attached hydrogen (secondary N) is 1. The van der Waals surface area contributed by atoms with Gasteiger partial charge in [0.2, 0.25) is 0 Å². The Bertz CT molecular complexity index is 434. The molecule has 1 aromatic carbocycles. The highest BCUT2D eigenvalue weighted by Crippen LogP contribution is 2.44. The van der Waals surface area contributed by atoms with Gasteiger partial charge in [-0.1, -0.05) is 6.92 Å². The lowest BCUT2D eigenvalue weighted by Crippen LogP contribution is -2.40. The van der Waals surface area contributed by atoms with Crippen LogP contribution in [0.25, 0.3) is 0 Å². The van der Waals surface area contributed by atoms with Gasteiger partial charge in [0.25, 0.3) is 0 Å². The van der Waals surface area contributed by atoms with Crippen molar-refractivity contribution in [2.24, 2.45) is 0 Å². The van der Waals surface area contributed by atoms with Crippen LogP contribution in [0, 0.1) is 5.82 Å². The largest absolute Gasteiger partial charge is 0.486 e. The minimum Gasteiger partial charge on any atom is -0.486 e. The number of halogens is 2. The van der Waals surface area contributed by atoms with Crippen molar-refractivity contribution in [2.75, 3.05) is 6.54 Å². The Morgan fingerprint density at radius 1 is 1.53 bits per heavy atom. The fraction of sp³-hybridized carbons (Fsp3) is 0.538. The Kier molecular flexibility index (Phi) is 3.46. The minimum atomic E-state index is -0.282. The normalized spacial score (nSPS) is 21.8. The monoisotopic (exact) mass is 301 g/mol. The summed E-state index contributed by atoms with van der Waals surface area (Å²) in [4.78, 5) is 0. The summed E-state index contributed by atoms with van der Waals surface area (Å²) in [6.07, 6.45) is 0.765. The molecular weight excluding hydrogens is 285 g/mol. The maximum Gasteiger partial charge on any atom is 0.142 e. The van der Waals surface area contributed by atoms with Crippen LogP contribution < -0.4 is 10.1 Å². The van der Waals surface area contributed by atoms with Gasteiger partial charge in [-0.3, -0.25) is 0 Å². The van der Waals surface area contributed by atoms with E-state index >= 15 is 0 Å². The molecule has 0 aliphatic carbocycles. The van der Waals surface area contributed by atoms with E-state index in [1.54, 1.807) is 6.07 Å². The maximum absolute atomic E-state index is 13.9.